The van der Waals surface area contributed by atoms with Crippen LogP contribution in [0.3, 0.4) is 0 Å². The van der Waals surface area contributed by atoms with Crippen molar-refractivity contribution in [2.45, 2.75) is 52.5 Å². The monoisotopic (exact) mass is 226 g/mol. The standard InChI is InChI=1S/C12H22N2S/c1-4-6-7-12-14-11(9-15-12)8-10(3)13-5-2/h9-10,13H,4-8H2,1-3H3. The minimum Gasteiger partial charge on any atom is -0.314 e. The smallest absolute Gasteiger partial charge is 0.0928 e. The van der Waals surface area contributed by atoms with Gasteiger partial charge in [0.05, 0.1) is 10.7 Å². The van der Waals surface area contributed by atoms with Crippen molar-refractivity contribution in [2.75, 3.05) is 6.54 Å². The molecule has 0 radical (unpaired) electrons. The minimum atomic E-state index is 0.538. The highest BCUT2D eigenvalue weighted by atomic mass is 32.1. The van der Waals surface area contributed by atoms with Gasteiger partial charge in [-0.15, -0.1) is 11.3 Å². The molecule has 0 fully saturated rings. The second-order valence-electron chi connectivity index (χ2n) is 4.00. The molecule has 1 heterocycles. The number of likely N-dealkylation sites (N-methyl/N-ethyl adjacent to an activating group) is 1. The van der Waals surface area contributed by atoms with Crippen LogP contribution in [-0.2, 0) is 12.8 Å². The van der Waals surface area contributed by atoms with E-state index in [0.29, 0.717) is 6.04 Å². The summed E-state index contributed by atoms with van der Waals surface area (Å²) in [6, 6.07) is 0.538. The molecule has 0 aliphatic heterocycles. The number of hydrogen-bond acceptors (Lipinski definition) is 3. The summed E-state index contributed by atoms with van der Waals surface area (Å²) in [6.07, 6.45) is 4.71. The Bertz CT molecular complexity index is 270. The molecule has 15 heavy (non-hydrogen) atoms. The van der Waals surface area contributed by atoms with Crippen LogP contribution in [0, 0.1) is 0 Å². The molecular formula is C12H22N2S. The molecule has 2 nitrogen and oxygen atoms in total. The van der Waals surface area contributed by atoms with Gasteiger partial charge in [0.15, 0.2) is 0 Å². The third kappa shape index (κ3) is 4.76. The lowest BCUT2D eigenvalue weighted by atomic mass is 10.2. The first-order valence-corrected chi connectivity index (χ1v) is 6.80. The van der Waals surface area contributed by atoms with Gasteiger partial charge in [0.25, 0.3) is 0 Å². The highest BCUT2D eigenvalue weighted by Crippen LogP contribution is 2.13. The van der Waals surface area contributed by atoms with Gasteiger partial charge in [-0.25, -0.2) is 4.98 Å². The number of unbranched alkanes of at least 4 members (excludes halogenated alkanes) is 1. The van der Waals surface area contributed by atoms with E-state index < -0.39 is 0 Å². The number of aryl methyl sites for hydroxylation is 1. The first-order chi connectivity index (χ1) is 7.26. The maximum atomic E-state index is 4.65. The van der Waals surface area contributed by atoms with Crippen molar-refractivity contribution in [3.8, 4) is 0 Å². The predicted molar refractivity (Wildman–Crippen MR) is 67.6 cm³/mol. The SMILES string of the molecule is CCCCc1nc(CC(C)NCC)cs1. The van der Waals surface area contributed by atoms with Crippen molar-refractivity contribution in [3.63, 3.8) is 0 Å². The summed E-state index contributed by atoms with van der Waals surface area (Å²) in [5.41, 5.74) is 1.25. The fraction of sp³-hybridized carbons (Fsp3) is 0.750. The van der Waals surface area contributed by atoms with Crippen LogP contribution in [0.15, 0.2) is 5.38 Å². The Morgan fingerprint density at radius 3 is 2.93 bits per heavy atom. The highest BCUT2D eigenvalue weighted by Gasteiger charge is 2.05. The Kier molecular flexibility index (Phi) is 5.88. The van der Waals surface area contributed by atoms with Crippen molar-refractivity contribution in [2.24, 2.45) is 0 Å². The fourth-order valence-corrected chi connectivity index (χ4v) is 2.47. The Morgan fingerprint density at radius 1 is 1.47 bits per heavy atom. The van der Waals surface area contributed by atoms with Crippen molar-refractivity contribution < 1.29 is 0 Å². The van der Waals surface area contributed by atoms with E-state index in [9.17, 15) is 0 Å². The number of nitrogens with zero attached hydrogens (tertiary/aromatic N) is 1. The maximum absolute atomic E-state index is 4.65. The van der Waals surface area contributed by atoms with E-state index in [1.807, 2.05) is 11.3 Å². The van der Waals surface area contributed by atoms with Gasteiger partial charge < -0.3 is 5.32 Å². The van der Waals surface area contributed by atoms with E-state index in [1.165, 1.54) is 23.5 Å². The molecule has 1 N–H and O–H groups in total. The van der Waals surface area contributed by atoms with Crippen LogP contribution >= 0.6 is 11.3 Å². The summed E-state index contributed by atoms with van der Waals surface area (Å²) < 4.78 is 0. The van der Waals surface area contributed by atoms with Crippen LogP contribution in [0.4, 0.5) is 0 Å². The Hall–Kier alpha value is -0.410. The summed E-state index contributed by atoms with van der Waals surface area (Å²) in [5, 5.41) is 6.92. The molecule has 1 atom stereocenters. The predicted octanol–water partition coefficient (Wildman–Crippen LogP) is 3.03. The van der Waals surface area contributed by atoms with Gasteiger partial charge in [-0.2, -0.15) is 0 Å². The van der Waals surface area contributed by atoms with Crippen molar-refractivity contribution >= 4 is 11.3 Å². The number of nitrogens with one attached hydrogen (secondary N) is 1. The lowest BCUT2D eigenvalue weighted by molar-refractivity contribution is 0.560. The average Bonchev–Trinajstić information content (AvgIpc) is 2.63. The van der Waals surface area contributed by atoms with Crippen LogP contribution in [-0.4, -0.2) is 17.6 Å². The van der Waals surface area contributed by atoms with Gasteiger partial charge in [-0.1, -0.05) is 20.3 Å². The van der Waals surface area contributed by atoms with Crippen LogP contribution in [0.5, 0.6) is 0 Å². The zero-order chi connectivity index (χ0) is 11.1. The number of rotatable bonds is 7. The van der Waals surface area contributed by atoms with Gasteiger partial charge in [-0.05, 0) is 26.3 Å². The van der Waals surface area contributed by atoms with Crippen LogP contribution in [0.2, 0.25) is 0 Å². The Balaban J connectivity index is 2.38. The van der Waals surface area contributed by atoms with Crippen LogP contribution in [0.25, 0.3) is 0 Å². The third-order valence-electron chi connectivity index (χ3n) is 2.41. The molecule has 0 bridgehead atoms. The Labute approximate surface area is 97.1 Å². The topological polar surface area (TPSA) is 24.9 Å². The summed E-state index contributed by atoms with van der Waals surface area (Å²) in [6.45, 7) is 7.62. The van der Waals surface area contributed by atoms with E-state index in [0.717, 1.165) is 19.4 Å². The number of thiazole rings is 1. The molecule has 3 heteroatoms. The maximum Gasteiger partial charge on any atom is 0.0928 e. The van der Waals surface area contributed by atoms with E-state index >= 15 is 0 Å². The molecule has 0 aliphatic rings. The zero-order valence-electron chi connectivity index (χ0n) is 10.0. The molecule has 0 saturated heterocycles. The highest BCUT2D eigenvalue weighted by molar-refractivity contribution is 7.09. The molecule has 0 aliphatic carbocycles. The second-order valence-corrected chi connectivity index (χ2v) is 4.94. The summed E-state index contributed by atoms with van der Waals surface area (Å²) in [4.78, 5) is 4.65. The molecule has 86 valence electrons. The van der Waals surface area contributed by atoms with Gasteiger partial charge in [-0.3, -0.25) is 0 Å². The van der Waals surface area contributed by atoms with E-state index in [-0.39, 0.29) is 0 Å². The molecule has 1 rings (SSSR count). The minimum absolute atomic E-state index is 0.538. The van der Waals surface area contributed by atoms with Crippen LogP contribution < -0.4 is 5.32 Å². The second kappa shape index (κ2) is 6.96. The van der Waals surface area contributed by atoms with Crippen LogP contribution in [0.1, 0.15) is 44.3 Å². The zero-order valence-corrected chi connectivity index (χ0v) is 10.9. The first-order valence-electron chi connectivity index (χ1n) is 5.92. The third-order valence-corrected chi connectivity index (χ3v) is 3.37. The van der Waals surface area contributed by atoms with E-state index in [1.54, 1.807) is 0 Å². The summed E-state index contributed by atoms with van der Waals surface area (Å²) in [5.74, 6) is 0. The molecule has 0 aromatic carbocycles. The average molecular weight is 226 g/mol. The van der Waals surface area contributed by atoms with E-state index in [4.69, 9.17) is 0 Å². The normalized spacial score (nSPS) is 13.0. The number of hydrogen-bond donors (Lipinski definition) is 1. The molecule has 1 unspecified atom stereocenters. The lowest BCUT2D eigenvalue weighted by Crippen LogP contribution is -2.27. The summed E-state index contributed by atoms with van der Waals surface area (Å²) in [7, 11) is 0. The summed E-state index contributed by atoms with van der Waals surface area (Å²) >= 11 is 1.81. The fourth-order valence-electron chi connectivity index (χ4n) is 1.62. The van der Waals surface area contributed by atoms with Gasteiger partial charge >= 0.3 is 0 Å². The molecule has 0 amide bonds. The Morgan fingerprint density at radius 2 is 2.27 bits per heavy atom. The quantitative estimate of drug-likeness (QED) is 0.773. The van der Waals surface area contributed by atoms with Crippen molar-refractivity contribution in [3.05, 3.63) is 16.1 Å². The van der Waals surface area contributed by atoms with E-state index in [2.05, 4.69) is 36.5 Å². The van der Waals surface area contributed by atoms with Crippen molar-refractivity contribution in [1.29, 1.82) is 0 Å². The first kappa shape index (κ1) is 12.7. The lowest BCUT2D eigenvalue weighted by Gasteiger charge is -2.09. The van der Waals surface area contributed by atoms with Gasteiger partial charge in [0, 0.05) is 17.8 Å². The van der Waals surface area contributed by atoms with Gasteiger partial charge in [0.2, 0.25) is 0 Å². The number of aromatic nitrogens is 1. The molecule has 0 spiro atoms. The van der Waals surface area contributed by atoms with Gasteiger partial charge in [0.1, 0.15) is 0 Å². The molecule has 1 aromatic heterocycles. The van der Waals surface area contributed by atoms with Crippen molar-refractivity contribution in [1.82, 2.24) is 10.3 Å². The largest absolute Gasteiger partial charge is 0.314 e. The molecule has 0 saturated carbocycles. The molecule has 1 aromatic rings. The molecular weight excluding hydrogens is 204 g/mol.